The van der Waals surface area contributed by atoms with Crippen LogP contribution in [-0.2, 0) is 9.53 Å². The maximum Gasteiger partial charge on any atom is 0.410 e. The maximum absolute atomic E-state index is 12.3. The van der Waals surface area contributed by atoms with Crippen molar-refractivity contribution in [3.8, 4) is 0 Å². The lowest BCUT2D eigenvalue weighted by Crippen LogP contribution is -2.40. The topological polar surface area (TPSA) is 61.9 Å². The fourth-order valence-electron chi connectivity index (χ4n) is 2.62. The Bertz CT molecular complexity index is 662. The molecule has 1 N–H and O–H groups in total. The molecular weight excluding hydrogens is 377 g/mol. The number of nitrogens with zero attached hydrogens (tertiary/aromatic N) is 2. The smallest absolute Gasteiger partial charge is 0.410 e. The van der Waals surface area contributed by atoms with Crippen LogP contribution in [-0.4, -0.2) is 60.1 Å². The summed E-state index contributed by atoms with van der Waals surface area (Å²) in [5, 5.41) is 3.73. The molecule has 1 aromatic rings. The minimum absolute atomic E-state index is 0.167. The van der Waals surface area contributed by atoms with E-state index in [4.69, 9.17) is 27.9 Å². The lowest BCUT2D eigenvalue weighted by atomic mass is 10.2. The highest BCUT2D eigenvalue weighted by Crippen LogP contribution is 2.25. The first-order valence-corrected chi connectivity index (χ1v) is 9.35. The van der Waals surface area contributed by atoms with Crippen LogP contribution in [0.1, 0.15) is 27.2 Å². The molecule has 0 aromatic heterocycles. The predicted molar refractivity (Wildman–Crippen MR) is 104 cm³/mol. The fraction of sp³-hybridized carbons (Fsp3) is 0.556. The van der Waals surface area contributed by atoms with Crippen molar-refractivity contribution in [1.82, 2.24) is 9.80 Å². The standard InChI is InChI=1S/C18H25Cl2N3O3/c1-18(2,3)26-17(25)23-8-4-7-22(9-10-23)12-16(24)21-15-11-13(19)5-6-14(15)20/h5-6,11H,4,7-10,12H2,1-3H3,(H,21,24). The Morgan fingerprint density at radius 2 is 1.88 bits per heavy atom. The van der Waals surface area contributed by atoms with Gasteiger partial charge in [0, 0.05) is 31.2 Å². The summed E-state index contributed by atoms with van der Waals surface area (Å²) in [6, 6.07) is 4.93. The van der Waals surface area contributed by atoms with E-state index in [-0.39, 0.29) is 18.5 Å². The van der Waals surface area contributed by atoms with Crippen molar-refractivity contribution in [1.29, 1.82) is 0 Å². The zero-order chi connectivity index (χ0) is 19.3. The van der Waals surface area contributed by atoms with Gasteiger partial charge in [-0.05, 0) is 45.4 Å². The summed E-state index contributed by atoms with van der Waals surface area (Å²) in [5.74, 6) is -0.167. The molecular formula is C18H25Cl2N3O3. The second-order valence-electron chi connectivity index (χ2n) is 7.27. The molecule has 1 saturated heterocycles. The van der Waals surface area contributed by atoms with Crippen molar-refractivity contribution >= 4 is 40.9 Å². The van der Waals surface area contributed by atoms with Gasteiger partial charge < -0.3 is 15.0 Å². The Morgan fingerprint density at radius 3 is 2.58 bits per heavy atom. The van der Waals surface area contributed by atoms with Gasteiger partial charge in [-0.15, -0.1) is 0 Å². The molecule has 2 amide bonds. The fourth-order valence-corrected chi connectivity index (χ4v) is 2.96. The van der Waals surface area contributed by atoms with Crippen LogP contribution in [0, 0.1) is 0 Å². The number of benzene rings is 1. The quantitative estimate of drug-likeness (QED) is 0.834. The highest BCUT2D eigenvalue weighted by Gasteiger charge is 2.25. The molecule has 1 aliphatic rings. The molecule has 0 radical (unpaired) electrons. The van der Waals surface area contributed by atoms with Crippen LogP contribution in [0.2, 0.25) is 10.0 Å². The van der Waals surface area contributed by atoms with Crippen molar-refractivity contribution in [2.75, 3.05) is 38.0 Å². The summed E-state index contributed by atoms with van der Waals surface area (Å²) in [6.07, 6.45) is 0.472. The molecule has 0 spiro atoms. The molecule has 0 bridgehead atoms. The Morgan fingerprint density at radius 1 is 1.15 bits per heavy atom. The molecule has 0 aliphatic carbocycles. The highest BCUT2D eigenvalue weighted by molar-refractivity contribution is 6.35. The summed E-state index contributed by atoms with van der Waals surface area (Å²) in [7, 11) is 0. The van der Waals surface area contributed by atoms with Crippen LogP contribution in [0.25, 0.3) is 0 Å². The number of halogens is 2. The van der Waals surface area contributed by atoms with Crippen molar-refractivity contribution < 1.29 is 14.3 Å². The van der Waals surface area contributed by atoms with Crippen LogP contribution in [0.3, 0.4) is 0 Å². The first-order valence-electron chi connectivity index (χ1n) is 8.59. The van der Waals surface area contributed by atoms with Gasteiger partial charge in [0.2, 0.25) is 5.91 Å². The van der Waals surface area contributed by atoms with Gasteiger partial charge in [-0.3, -0.25) is 9.69 Å². The Kier molecular flexibility index (Phi) is 7.15. The van der Waals surface area contributed by atoms with Gasteiger partial charge in [0.05, 0.1) is 17.3 Å². The van der Waals surface area contributed by atoms with Gasteiger partial charge in [-0.25, -0.2) is 4.79 Å². The molecule has 0 saturated carbocycles. The van der Waals surface area contributed by atoms with E-state index in [9.17, 15) is 9.59 Å². The number of rotatable bonds is 3. The summed E-state index contributed by atoms with van der Waals surface area (Å²) < 4.78 is 5.41. The second kappa shape index (κ2) is 8.93. The van der Waals surface area contributed by atoms with Crippen LogP contribution < -0.4 is 5.32 Å². The third-order valence-corrected chi connectivity index (χ3v) is 4.37. The molecule has 0 atom stereocenters. The van der Waals surface area contributed by atoms with E-state index >= 15 is 0 Å². The van der Waals surface area contributed by atoms with Crippen molar-refractivity contribution in [2.24, 2.45) is 0 Å². The van der Waals surface area contributed by atoms with E-state index in [0.29, 0.717) is 35.4 Å². The Hall–Kier alpha value is -1.50. The normalized spacial score (nSPS) is 16.1. The van der Waals surface area contributed by atoms with E-state index in [1.54, 1.807) is 23.1 Å². The van der Waals surface area contributed by atoms with E-state index in [0.717, 1.165) is 13.0 Å². The number of amides is 2. The lowest BCUT2D eigenvalue weighted by molar-refractivity contribution is -0.117. The zero-order valence-corrected chi connectivity index (χ0v) is 16.9. The van der Waals surface area contributed by atoms with E-state index in [2.05, 4.69) is 5.32 Å². The number of nitrogens with one attached hydrogen (secondary N) is 1. The number of anilines is 1. The molecule has 1 aromatic carbocycles. The van der Waals surface area contributed by atoms with Crippen molar-refractivity contribution in [3.63, 3.8) is 0 Å². The second-order valence-corrected chi connectivity index (χ2v) is 8.11. The minimum Gasteiger partial charge on any atom is -0.444 e. The predicted octanol–water partition coefficient (Wildman–Crippen LogP) is 3.87. The minimum atomic E-state index is -0.515. The number of hydrogen-bond donors (Lipinski definition) is 1. The summed E-state index contributed by atoms with van der Waals surface area (Å²) in [5.41, 5.74) is -0.0199. The largest absolute Gasteiger partial charge is 0.444 e. The van der Waals surface area contributed by atoms with Gasteiger partial charge in [0.15, 0.2) is 0 Å². The average molecular weight is 402 g/mol. The number of ether oxygens (including phenoxy) is 1. The first kappa shape index (κ1) is 20.8. The third kappa shape index (κ3) is 6.67. The maximum atomic E-state index is 12.3. The Balaban J connectivity index is 1.86. The molecule has 144 valence electrons. The molecule has 0 unspecified atom stereocenters. The van der Waals surface area contributed by atoms with Crippen LogP contribution >= 0.6 is 23.2 Å². The number of carbonyl (C=O) groups excluding carboxylic acids is 2. The monoisotopic (exact) mass is 401 g/mol. The number of carbonyl (C=O) groups is 2. The lowest BCUT2D eigenvalue weighted by Gasteiger charge is -2.26. The van der Waals surface area contributed by atoms with Crippen molar-refractivity contribution in [3.05, 3.63) is 28.2 Å². The summed E-state index contributed by atoms with van der Waals surface area (Å²) in [4.78, 5) is 28.2. The zero-order valence-electron chi connectivity index (χ0n) is 15.3. The van der Waals surface area contributed by atoms with Crippen molar-refractivity contribution in [2.45, 2.75) is 32.8 Å². The van der Waals surface area contributed by atoms with Crippen LogP contribution in [0.5, 0.6) is 0 Å². The SMILES string of the molecule is CC(C)(C)OC(=O)N1CCCN(CC(=O)Nc2cc(Cl)ccc2Cl)CC1. The highest BCUT2D eigenvalue weighted by atomic mass is 35.5. The van der Waals surface area contributed by atoms with Crippen LogP contribution in [0.4, 0.5) is 10.5 Å². The molecule has 1 fully saturated rings. The van der Waals surface area contributed by atoms with Gasteiger partial charge in [-0.1, -0.05) is 23.2 Å². The Labute approximate surface area is 164 Å². The van der Waals surface area contributed by atoms with E-state index in [1.165, 1.54) is 0 Å². The third-order valence-electron chi connectivity index (χ3n) is 3.81. The molecule has 1 aliphatic heterocycles. The van der Waals surface area contributed by atoms with Gasteiger partial charge >= 0.3 is 6.09 Å². The first-order chi connectivity index (χ1) is 12.1. The molecule has 26 heavy (non-hydrogen) atoms. The van der Waals surface area contributed by atoms with E-state index in [1.807, 2.05) is 25.7 Å². The molecule has 6 nitrogen and oxygen atoms in total. The average Bonchev–Trinajstić information content (AvgIpc) is 2.75. The molecule has 8 heteroatoms. The van der Waals surface area contributed by atoms with E-state index < -0.39 is 5.60 Å². The molecule has 1 heterocycles. The summed E-state index contributed by atoms with van der Waals surface area (Å²) in [6.45, 7) is 8.26. The number of hydrogen-bond acceptors (Lipinski definition) is 4. The molecule has 2 rings (SSSR count). The summed E-state index contributed by atoms with van der Waals surface area (Å²) >= 11 is 12.0. The van der Waals surface area contributed by atoms with Crippen LogP contribution in [0.15, 0.2) is 18.2 Å². The van der Waals surface area contributed by atoms with Gasteiger partial charge in [0.1, 0.15) is 5.60 Å². The van der Waals surface area contributed by atoms with Gasteiger partial charge in [0.25, 0.3) is 0 Å². The van der Waals surface area contributed by atoms with Gasteiger partial charge in [-0.2, -0.15) is 0 Å².